The van der Waals surface area contributed by atoms with E-state index in [4.69, 9.17) is 9.52 Å². The molecule has 5 nitrogen and oxygen atoms in total. The van der Waals surface area contributed by atoms with Crippen molar-refractivity contribution in [3.05, 3.63) is 46.3 Å². The van der Waals surface area contributed by atoms with Crippen LogP contribution in [0.2, 0.25) is 0 Å². The highest BCUT2D eigenvalue weighted by molar-refractivity contribution is 9.10. The predicted molar refractivity (Wildman–Crippen MR) is 69.5 cm³/mol. The van der Waals surface area contributed by atoms with Gasteiger partial charge in [0.05, 0.1) is 5.69 Å². The van der Waals surface area contributed by atoms with E-state index in [9.17, 15) is 17.2 Å². The van der Waals surface area contributed by atoms with Gasteiger partial charge in [0.2, 0.25) is 0 Å². The van der Waals surface area contributed by atoms with Crippen molar-refractivity contribution in [2.45, 2.75) is 11.5 Å². The van der Waals surface area contributed by atoms with Crippen molar-refractivity contribution in [2.75, 3.05) is 4.72 Å². The Bertz CT molecular complexity index is 745. The first-order valence-corrected chi connectivity index (χ1v) is 7.48. The second kappa shape index (κ2) is 5.51. The smallest absolute Gasteiger partial charge is 0.266 e. The van der Waals surface area contributed by atoms with E-state index in [2.05, 4.69) is 20.7 Å². The Hall–Kier alpha value is -1.45. The molecule has 0 fully saturated rings. The van der Waals surface area contributed by atoms with E-state index in [1.54, 1.807) is 0 Å². The van der Waals surface area contributed by atoms with Crippen LogP contribution in [-0.2, 0) is 16.6 Å². The summed E-state index contributed by atoms with van der Waals surface area (Å²) in [5.74, 6) is -2.21. The molecule has 0 amide bonds. The zero-order chi connectivity index (χ0) is 14.9. The van der Waals surface area contributed by atoms with Crippen LogP contribution in [0.25, 0.3) is 0 Å². The maximum absolute atomic E-state index is 13.0. The summed E-state index contributed by atoms with van der Waals surface area (Å²) in [6.45, 7) is -0.473. The van der Waals surface area contributed by atoms with Crippen LogP contribution in [0.3, 0.4) is 0 Å². The molecule has 0 aliphatic rings. The molecule has 0 radical (unpaired) electrons. The number of aliphatic hydroxyl groups excluding tert-OH is 1. The van der Waals surface area contributed by atoms with Crippen LogP contribution in [-0.4, -0.2) is 13.5 Å². The standard InChI is InChI=1S/C11H8BrF2NO4S/c12-11-10(4-7(5-16)19-11)20(17,18)15-6-1-2-8(13)9(14)3-6/h1-4,15-16H,5H2. The number of benzene rings is 1. The topological polar surface area (TPSA) is 79.5 Å². The number of anilines is 1. The summed E-state index contributed by atoms with van der Waals surface area (Å²) in [6.07, 6.45) is 0. The van der Waals surface area contributed by atoms with Crippen molar-refractivity contribution in [3.8, 4) is 0 Å². The van der Waals surface area contributed by atoms with Crippen molar-refractivity contribution >= 4 is 31.6 Å². The van der Waals surface area contributed by atoms with Gasteiger partial charge in [0.25, 0.3) is 10.0 Å². The average Bonchev–Trinajstić information content (AvgIpc) is 2.76. The minimum atomic E-state index is -4.05. The lowest BCUT2D eigenvalue weighted by molar-refractivity contribution is 0.245. The van der Waals surface area contributed by atoms with Crippen LogP contribution in [0, 0.1) is 11.6 Å². The molecule has 108 valence electrons. The summed E-state index contributed by atoms with van der Waals surface area (Å²) in [7, 11) is -4.05. The van der Waals surface area contributed by atoms with Crippen molar-refractivity contribution in [2.24, 2.45) is 0 Å². The molecule has 0 spiro atoms. The van der Waals surface area contributed by atoms with E-state index >= 15 is 0 Å². The van der Waals surface area contributed by atoms with Gasteiger partial charge < -0.3 is 9.52 Å². The van der Waals surface area contributed by atoms with Gasteiger partial charge in [-0.05, 0) is 28.1 Å². The van der Waals surface area contributed by atoms with Gasteiger partial charge in [0.15, 0.2) is 16.3 Å². The van der Waals surface area contributed by atoms with Gasteiger partial charge in [-0.3, -0.25) is 4.72 Å². The molecule has 0 saturated heterocycles. The minimum Gasteiger partial charge on any atom is -0.450 e. The van der Waals surface area contributed by atoms with Gasteiger partial charge in [-0.2, -0.15) is 0 Å². The molecular weight excluding hydrogens is 360 g/mol. The van der Waals surface area contributed by atoms with Crippen LogP contribution in [0.15, 0.2) is 38.2 Å². The lowest BCUT2D eigenvalue weighted by atomic mass is 10.3. The predicted octanol–water partition coefficient (Wildman–Crippen LogP) is 2.61. The van der Waals surface area contributed by atoms with Crippen molar-refractivity contribution < 1.29 is 26.7 Å². The highest BCUT2D eigenvalue weighted by atomic mass is 79.9. The second-order valence-corrected chi connectivity index (χ2v) is 6.11. The van der Waals surface area contributed by atoms with E-state index in [1.165, 1.54) is 0 Å². The van der Waals surface area contributed by atoms with E-state index in [-0.39, 0.29) is 21.0 Å². The highest BCUT2D eigenvalue weighted by Gasteiger charge is 2.22. The van der Waals surface area contributed by atoms with Gasteiger partial charge >= 0.3 is 0 Å². The van der Waals surface area contributed by atoms with E-state index in [0.717, 1.165) is 18.2 Å². The van der Waals surface area contributed by atoms with Crippen molar-refractivity contribution in [1.29, 1.82) is 0 Å². The number of sulfonamides is 1. The third-order valence-corrected chi connectivity index (χ3v) is 4.56. The minimum absolute atomic E-state index is 0.0440. The van der Waals surface area contributed by atoms with E-state index in [1.807, 2.05) is 0 Å². The normalized spacial score (nSPS) is 11.6. The van der Waals surface area contributed by atoms with Crippen LogP contribution in [0.5, 0.6) is 0 Å². The Morgan fingerprint density at radius 3 is 2.50 bits per heavy atom. The molecule has 0 atom stereocenters. The molecule has 1 aromatic heterocycles. The molecular formula is C11H8BrF2NO4S. The third-order valence-electron chi connectivity index (χ3n) is 2.32. The fourth-order valence-corrected chi connectivity index (χ4v) is 3.48. The van der Waals surface area contributed by atoms with Crippen LogP contribution in [0.4, 0.5) is 14.5 Å². The Kier molecular flexibility index (Phi) is 4.11. The molecule has 1 aromatic carbocycles. The van der Waals surface area contributed by atoms with Gasteiger partial charge in [0.1, 0.15) is 17.3 Å². The van der Waals surface area contributed by atoms with E-state index < -0.39 is 28.3 Å². The van der Waals surface area contributed by atoms with E-state index in [0.29, 0.717) is 6.07 Å². The first kappa shape index (κ1) is 14.9. The maximum Gasteiger partial charge on any atom is 0.266 e. The molecule has 2 aromatic rings. The number of nitrogens with one attached hydrogen (secondary N) is 1. The molecule has 0 aliphatic carbocycles. The fourth-order valence-electron chi connectivity index (χ4n) is 1.43. The first-order valence-electron chi connectivity index (χ1n) is 5.20. The molecule has 2 N–H and O–H groups in total. The Morgan fingerprint density at radius 2 is 1.95 bits per heavy atom. The molecule has 0 unspecified atom stereocenters. The van der Waals surface area contributed by atoms with Gasteiger partial charge in [-0.15, -0.1) is 0 Å². The number of hydrogen-bond acceptors (Lipinski definition) is 4. The fraction of sp³-hybridized carbons (Fsp3) is 0.0909. The number of furan rings is 1. The monoisotopic (exact) mass is 367 g/mol. The average molecular weight is 368 g/mol. The number of rotatable bonds is 4. The number of halogens is 3. The first-order chi connectivity index (χ1) is 9.33. The van der Waals surface area contributed by atoms with Crippen LogP contribution < -0.4 is 4.72 Å². The summed E-state index contributed by atoms with van der Waals surface area (Å²) >= 11 is 2.90. The SMILES string of the molecule is O=S(=O)(Nc1ccc(F)c(F)c1)c1cc(CO)oc1Br. The number of aliphatic hydroxyl groups is 1. The maximum atomic E-state index is 13.0. The zero-order valence-corrected chi connectivity index (χ0v) is 12.1. The molecule has 0 aliphatic heterocycles. The summed E-state index contributed by atoms with van der Waals surface area (Å²) in [5, 5.41) is 8.88. The molecule has 1 heterocycles. The van der Waals surface area contributed by atoms with Crippen LogP contribution in [0.1, 0.15) is 5.76 Å². The van der Waals surface area contributed by atoms with Crippen LogP contribution >= 0.6 is 15.9 Å². The lowest BCUT2D eigenvalue weighted by Crippen LogP contribution is -2.13. The molecule has 20 heavy (non-hydrogen) atoms. The Balaban J connectivity index is 2.35. The third kappa shape index (κ3) is 3.00. The van der Waals surface area contributed by atoms with Gasteiger partial charge in [-0.1, -0.05) is 0 Å². The zero-order valence-electron chi connectivity index (χ0n) is 9.73. The molecule has 0 saturated carbocycles. The molecule has 2 rings (SSSR count). The number of hydrogen-bond donors (Lipinski definition) is 2. The largest absolute Gasteiger partial charge is 0.450 e. The Labute approximate surface area is 121 Å². The summed E-state index contributed by atoms with van der Waals surface area (Å²) in [6, 6.07) is 3.72. The van der Waals surface area contributed by atoms with Crippen molar-refractivity contribution in [3.63, 3.8) is 0 Å². The summed E-state index contributed by atoms with van der Waals surface area (Å²) < 4.78 is 56.8. The molecule has 9 heteroatoms. The van der Waals surface area contributed by atoms with Gasteiger partial charge in [-0.25, -0.2) is 17.2 Å². The van der Waals surface area contributed by atoms with Crippen molar-refractivity contribution in [1.82, 2.24) is 0 Å². The summed E-state index contributed by atoms with van der Waals surface area (Å²) in [4.78, 5) is -0.258. The second-order valence-electron chi connectivity index (χ2n) is 3.74. The molecule has 0 bridgehead atoms. The quantitative estimate of drug-likeness (QED) is 0.870. The highest BCUT2D eigenvalue weighted by Crippen LogP contribution is 2.28. The van der Waals surface area contributed by atoms with Gasteiger partial charge in [0, 0.05) is 12.1 Å². The lowest BCUT2D eigenvalue weighted by Gasteiger charge is -2.06. The summed E-state index contributed by atoms with van der Waals surface area (Å²) in [5.41, 5.74) is -0.137. The Morgan fingerprint density at radius 1 is 1.25 bits per heavy atom.